The second kappa shape index (κ2) is 23.0. The molecule has 2 amide bonds. The Hall–Kier alpha value is -5.37. The zero-order valence-electron chi connectivity index (χ0n) is 41.7. The van der Waals surface area contributed by atoms with Gasteiger partial charge in [-0.1, -0.05) is 70.2 Å². The van der Waals surface area contributed by atoms with E-state index in [0.717, 1.165) is 16.7 Å². The standard InChI is InChI=1S/C51H71N7O11/c1-12-39-51(8)43(56-69-51)32(4)40(59)30(2)27-50(7,68-48(62)55-23-14-16-35-18-20-37(21-19-35)45-53-24-15-25-54-45)44(67-47-41(60)38(57(9)10)26-31(3)64-47)33(5)42(34(6)46(61)65-39)66-49(63)58(11)29-36-17-13-22-52-28-36/h13-22,24-25,28,30-34,38-39,41-44,47,56,60H,12,23,26-27,29H2,1-11H3,(H,55,62)/b16-14+/t30-,31-,32+,33+,34-,38+,39-,41-,42+,43-,44-,47+,50-,51-/m1/s1. The number of hydrogen-bond donors (Lipinski definition) is 3. The molecule has 3 fully saturated rings. The van der Waals surface area contributed by atoms with Crippen LogP contribution in [0, 0.1) is 23.7 Å². The Labute approximate surface area is 405 Å². The Bertz CT molecular complexity index is 2220. The molecular formula is C51H71N7O11. The number of carbonyl (C=O) groups excluding carboxylic acids is 4. The average Bonchev–Trinajstić information content (AvgIpc) is 3.32. The van der Waals surface area contributed by atoms with Crippen molar-refractivity contribution < 1.29 is 52.8 Å². The number of aromatic nitrogens is 3. The van der Waals surface area contributed by atoms with Crippen LogP contribution in [0.25, 0.3) is 17.5 Å². The zero-order chi connectivity index (χ0) is 50.2. The van der Waals surface area contributed by atoms with E-state index in [1.54, 1.807) is 91.6 Å². The van der Waals surface area contributed by atoms with Gasteiger partial charge in [0.05, 0.1) is 24.6 Å². The molecule has 0 saturated carbocycles. The number of hydrogen-bond acceptors (Lipinski definition) is 16. The molecule has 3 saturated heterocycles. The van der Waals surface area contributed by atoms with E-state index in [9.17, 15) is 24.3 Å². The molecule has 0 radical (unpaired) electrons. The lowest BCUT2D eigenvalue weighted by molar-refractivity contribution is -0.300. The molecule has 0 unspecified atom stereocenters. The highest BCUT2D eigenvalue weighted by Crippen LogP contribution is 2.42. The van der Waals surface area contributed by atoms with Crippen molar-refractivity contribution in [2.45, 2.75) is 141 Å². The largest absolute Gasteiger partial charge is 0.459 e. The topological polar surface area (TPSA) is 213 Å². The molecule has 6 rings (SSSR count). The summed E-state index contributed by atoms with van der Waals surface area (Å²) in [6.07, 6.45) is 3.22. The van der Waals surface area contributed by atoms with Crippen molar-refractivity contribution in [1.29, 1.82) is 0 Å². The summed E-state index contributed by atoms with van der Waals surface area (Å²) in [4.78, 5) is 79.6. The van der Waals surface area contributed by atoms with E-state index < -0.39 is 89.8 Å². The second-order valence-electron chi connectivity index (χ2n) is 19.5. The predicted octanol–water partition coefficient (Wildman–Crippen LogP) is 5.99. The minimum atomic E-state index is -1.71. The number of Topliss-reactive ketones (excluding diaryl/α,β-unsaturated/α-hetero) is 1. The molecule has 3 aliphatic rings. The first-order chi connectivity index (χ1) is 32.8. The Morgan fingerprint density at radius 1 is 0.986 bits per heavy atom. The van der Waals surface area contributed by atoms with E-state index >= 15 is 0 Å². The van der Waals surface area contributed by atoms with Crippen LogP contribution in [0.4, 0.5) is 9.59 Å². The SMILES string of the molecule is CC[C@H]1OC(=O)[C@H](C)[C@@H](OC(=O)N(C)Cc2cccnc2)[C@H](C)[C@@H](O[C@@H]2O[C@H](C)C[C@H](N(C)C)[C@H]2O)[C@](C)(OC(=O)NC/C=C/c2ccc(-c3ncccn3)cc2)C[C@@H](C)C(=O)[C@H](C)[C@H]2NO[C@@]21C. The lowest BCUT2D eigenvalue weighted by Gasteiger charge is -2.53. The summed E-state index contributed by atoms with van der Waals surface area (Å²) < 4.78 is 32.4. The molecule has 14 atom stereocenters. The van der Waals surface area contributed by atoms with E-state index in [2.05, 4.69) is 25.7 Å². The number of esters is 1. The van der Waals surface area contributed by atoms with Crippen molar-refractivity contribution in [3.63, 3.8) is 0 Å². The van der Waals surface area contributed by atoms with Crippen molar-refractivity contribution in [3.8, 4) is 11.4 Å². The summed E-state index contributed by atoms with van der Waals surface area (Å²) in [5.41, 5.74) is 2.62. The number of likely N-dealkylation sites (N-methyl/N-ethyl adjacent to an activating group) is 1. The predicted molar refractivity (Wildman–Crippen MR) is 256 cm³/mol. The zero-order valence-corrected chi connectivity index (χ0v) is 41.7. The maximum absolute atomic E-state index is 14.6. The normalized spacial score (nSPS) is 33.3. The first-order valence-electron chi connectivity index (χ1n) is 23.9. The summed E-state index contributed by atoms with van der Waals surface area (Å²) >= 11 is 0. The second-order valence-corrected chi connectivity index (χ2v) is 19.5. The number of pyridine rings is 1. The quantitative estimate of drug-likeness (QED) is 0.141. The van der Waals surface area contributed by atoms with E-state index in [1.807, 2.05) is 69.3 Å². The molecule has 69 heavy (non-hydrogen) atoms. The van der Waals surface area contributed by atoms with Gasteiger partial charge < -0.3 is 43.9 Å². The minimum absolute atomic E-state index is 0.0639. The molecule has 376 valence electrons. The number of cyclic esters (lactones) is 1. The van der Waals surface area contributed by atoms with Gasteiger partial charge in [-0.3, -0.25) is 19.4 Å². The summed E-state index contributed by atoms with van der Waals surface area (Å²) in [5, 5.41) is 14.7. The molecule has 18 heteroatoms. The number of carbonyl (C=O) groups is 4. The number of aliphatic hydroxyl groups excluding tert-OH is 1. The number of ether oxygens (including phenoxy) is 5. The van der Waals surface area contributed by atoms with Gasteiger partial charge in [-0.25, -0.2) is 19.6 Å². The Morgan fingerprint density at radius 2 is 1.70 bits per heavy atom. The Balaban J connectivity index is 1.38. The van der Waals surface area contributed by atoms with Gasteiger partial charge in [0.25, 0.3) is 0 Å². The van der Waals surface area contributed by atoms with Crippen LogP contribution in [-0.2, 0) is 44.7 Å². The number of benzene rings is 1. The van der Waals surface area contributed by atoms with Gasteiger partial charge in [0.1, 0.15) is 41.4 Å². The van der Waals surface area contributed by atoms with Gasteiger partial charge in [-0.15, -0.1) is 0 Å². The Morgan fingerprint density at radius 3 is 2.32 bits per heavy atom. The summed E-state index contributed by atoms with van der Waals surface area (Å²) in [5.74, 6) is -3.78. The molecule has 2 aromatic heterocycles. The molecule has 18 nitrogen and oxygen atoms in total. The van der Waals surface area contributed by atoms with Crippen molar-refractivity contribution in [2.24, 2.45) is 23.7 Å². The number of amides is 2. The first-order valence-corrected chi connectivity index (χ1v) is 23.9. The fraction of sp³-hybridized carbons (Fsp3) is 0.588. The highest BCUT2D eigenvalue weighted by molar-refractivity contribution is 5.84. The molecule has 3 N–H and O–H groups in total. The maximum Gasteiger partial charge on any atom is 0.410 e. The van der Waals surface area contributed by atoms with Crippen LogP contribution >= 0.6 is 0 Å². The van der Waals surface area contributed by atoms with Gasteiger partial charge in [0.15, 0.2) is 12.1 Å². The van der Waals surface area contributed by atoms with Crippen molar-refractivity contribution in [3.05, 3.63) is 84.5 Å². The number of nitrogens with one attached hydrogen (secondary N) is 2. The highest BCUT2D eigenvalue weighted by atomic mass is 16.7. The molecule has 0 spiro atoms. The van der Waals surface area contributed by atoms with E-state index in [1.165, 1.54) is 4.90 Å². The van der Waals surface area contributed by atoms with Crippen molar-refractivity contribution in [1.82, 2.24) is 35.5 Å². The van der Waals surface area contributed by atoms with Crippen LogP contribution in [0.5, 0.6) is 0 Å². The lowest BCUT2D eigenvalue weighted by Crippen LogP contribution is -2.73. The highest BCUT2D eigenvalue weighted by Gasteiger charge is 2.58. The molecular weight excluding hydrogens is 887 g/mol. The maximum atomic E-state index is 14.6. The smallest absolute Gasteiger partial charge is 0.410 e. The molecule has 0 aliphatic carbocycles. The van der Waals surface area contributed by atoms with Gasteiger partial charge in [-0.05, 0) is 84.3 Å². The van der Waals surface area contributed by atoms with Crippen LogP contribution in [0.3, 0.4) is 0 Å². The van der Waals surface area contributed by atoms with Crippen LogP contribution in [-0.4, -0.2) is 142 Å². The van der Waals surface area contributed by atoms with Gasteiger partial charge >= 0.3 is 18.2 Å². The average molecular weight is 958 g/mol. The first kappa shape index (κ1) is 53.0. The molecule has 5 heterocycles. The summed E-state index contributed by atoms with van der Waals surface area (Å²) in [6.45, 7) is 14.3. The van der Waals surface area contributed by atoms with Gasteiger partial charge in [0, 0.05) is 67.7 Å². The number of hydroxylamine groups is 1. The van der Waals surface area contributed by atoms with Crippen LogP contribution in [0.2, 0.25) is 0 Å². The van der Waals surface area contributed by atoms with E-state index in [-0.39, 0.29) is 37.4 Å². The van der Waals surface area contributed by atoms with Crippen LogP contribution < -0.4 is 10.8 Å². The Kier molecular flexibility index (Phi) is 17.7. The molecule has 3 aliphatic heterocycles. The van der Waals surface area contributed by atoms with Crippen molar-refractivity contribution >= 4 is 30.0 Å². The molecule has 3 aromatic rings. The lowest BCUT2D eigenvalue weighted by atomic mass is 9.72. The number of alkyl carbamates (subject to hydrolysis) is 1. The summed E-state index contributed by atoms with van der Waals surface area (Å²) in [6, 6.07) is 12.0. The van der Waals surface area contributed by atoms with E-state index in [4.69, 9.17) is 28.5 Å². The molecule has 1 aromatic carbocycles. The number of fused-ring (bicyclic) bond motifs is 1. The van der Waals surface area contributed by atoms with Crippen LogP contribution in [0.15, 0.2) is 73.3 Å². The van der Waals surface area contributed by atoms with Crippen molar-refractivity contribution in [2.75, 3.05) is 27.7 Å². The molecule has 0 bridgehead atoms. The fourth-order valence-corrected chi connectivity index (χ4v) is 9.98. The number of aliphatic hydroxyl groups is 1. The third-order valence-electron chi connectivity index (χ3n) is 13.9. The summed E-state index contributed by atoms with van der Waals surface area (Å²) in [7, 11) is 5.27. The van der Waals surface area contributed by atoms with E-state index in [0.29, 0.717) is 18.7 Å². The van der Waals surface area contributed by atoms with Crippen LogP contribution in [0.1, 0.15) is 85.8 Å². The third kappa shape index (κ3) is 12.5. The van der Waals surface area contributed by atoms with Gasteiger partial charge in [0.2, 0.25) is 0 Å². The van der Waals surface area contributed by atoms with Gasteiger partial charge in [-0.2, -0.15) is 5.48 Å². The number of rotatable bonds is 12. The number of nitrogens with zero attached hydrogens (tertiary/aromatic N) is 5. The monoisotopic (exact) mass is 958 g/mol. The minimum Gasteiger partial charge on any atom is -0.459 e. The fourth-order valence-electron chi connectivity index (χ4n) is 9.98. The third-order valence-corrected chi connectivity index (χ3v) is 13.9. The number of ketones is 1.